The molecule has 0 aliphatic heterocycles. The van der Waals surface area contributed by atoms with Gasteiger partial charge in [-0.1, -0.05) is 48.9 Å². The summed E-state index contributed by atoms with van der Waals surface area (Å²) in [5, 5.41) is 0.793. The molecule has 1 fully saturated rings. The Morgan fingerprint density at radius 3 is 2.47 bits per heavy atom. The quantitative estimate of drug-likeness (QED) is 0.780. The van der Waals surface area contributed by atoms with Gasteiger partial charge in [-0.3, -0.25) is 0 Å². The first-order valence-electron chi connectivity index (χ1n) is 6.54. The topological polar surface area (TPSA) is 9.23 Å². The number of benzene rings is 2. The summed E-state index contributed by atoms with van der Waals surface area (Å²) in [6.07, 6.45) is 1.16. The maximum atomic E-state index is 5.96. The van der Waals surface area contributed by atoms with Crippen molar-refractivity contribution < 1.29 is 4.74 Å². The molecule has 0 saturated heterocycles. The summed E-state index contributed by atoms with van der Waals surface area (Å²) in [5.41, 5.74) is 2.87. The average molecular weight is 273 g/mol. The van der Waals surface area contributed by atoms with E-state index in [1.807, 2.05) is 24.3 Å². The number of methoxy groups -OCH3 is 1. The average Bonchev–Trinajstić information content (AvgIpc) is 3.12. The summed E-state index contributed by atoms with van der Waals surface area (Å²) in [7, 11) is 1.74. The van der Waals surface area contributed by atoms with Crippen LogP contribution in [0, 0.1) is 0 Å². The molecule has 0 heterocycles. The van der Waals surface area contributed by atoms with Crippen molar-refractivity contribution in [1.82, 2.24) is 0 Å². The van der Waals surface area contributed by atoms with Crippen molar-refractivity contribution in [2.24, 2.45) is 0 Å². The monoisotopic (exact) mass is 272 g/mol. The summed E-state index contributed by atoms with van der Waals surface area (Å²) >= 11 is 5.96. The molecule has 1 aliphatic carbocycles. The van der Waals surface area contributed by atoms with Crippen molar-refractivity contribution in [3.05, 3.63) is 64.7 Å². The van der Waals surface area contributed by atoms with E-state index in [0.717, 1.165) is 17.2 Å². The minimum absolute atomic E-state index is 0.208. The van der Waals surface area contributed by atoms with E-state index in [-0.39, 0.29) is 5.41 Å². The van der Waals surface area contributed by atoms with Crippen LogP contribution >= 0.6 is 11.6 Å². The van der Waals surface area contributed by atoms with E-state index in [1.165, 1.54) is 11.1 Å². The molecule has 0 amide bonds. The van der Waals surface area contributed by atoms with Gasteiger partial charge in [0.1, 0.15) is 5.75 Å². The molecule has 3 rings (SSSR count). The van der Waals surface area contributed by atoms with Crippen LogP contribution in [0.5, 0.6) is 5.75 Å². The SMILES string of the molecule is COc1ccccc1[C@@H]1C[C@@]1(C)c1ccc(Cl)cc1. The molecule has 0 unspecified atom stereocenters. The third-order valence-corrected chi connectivity index (χ3v) is 4.51. The van der Waals surface area contributed by atoms with E-state index in [1.54, 1.807) is 7.11 Å². The highest BCUT2D eigenvalue weighted by molar-refractivity contribution is 6.30. The molecule has 1 aliphatic rings. The Hall–Kier alpha value is -1.47. The summed E-state index contributed by atoms with van der Waals surface area (Å²) in [4.78, 5) is 0. The zero-order valence-electron chi connectivity index (χ0n) is 11.2. The van der Waals surface area contributed by atoms with Crippen LogP contribution < -0.4 is 4.74 Å². The van der Waals surface area contributed by atoms with E-state index in [9.17, 15) is 0 Å². The first kappa shape index (κ1) is 12.6. The van der Waals surface area contributed by atoms with Gasteiger partial charge in [0, 0.05) is 10.4 Å². The zero-order chi connectivity index (χ0) is 13.5. The van der Waals surface area contributed by atoms with Crippen LogP contribution in [-0.2, 0) is 5.41 Å². The highest BCUT2D eigenvalue weighted by Crippen LogP contribution is 2.61. The Morgan fingerprint density at radius 2 is 1.79 bits per heavy atom. The van der Waals surface area contributed by atoms with Crippen molar-refractivity contribution in [1.29, 1.82) is 0 Å². The molecule has 0 aromatic heterocycles. The van der Waals surface area contributed by atoms with Crippen LogP contribution in [-0.4, -0.2) is 7.11 Å². The largest absolute Gasteiger partial charge is 0.496 e. The Bertz CT molecular complexity index is 590. The number of rotatable bonds is 3. The van der Waals surface area contributed by atoms with Gasteiger partial charge in [0.25, 0.3) is 0 Å². The van der Waals surface area contributed by atoms with Gasteiger partial charge in [0.15, 0.2) is 0 Å². The van der Waals surface area contributed by atoms with Gasteiger partial charge >= 0.3 is 0 Å². The third-order valence-electron chi connectivity index (χ3n) is 4.26. The molecule has 1 saturated carbocycles. The van der Waals surface area contributed by atoms with Gasteiger partial charge < -0.3 is 4.74 Å². The lowest BCUT2D eigenvalue weighted by Crippen LogP contribution is -2.04. The number of halogens is 1. The molecule has 0 radical (unpaired) electrons. The van der Waals surface area contributed by atoms with Gasteiger partial charge in [-0.05, 0) is 41.7 Å². The van der Waals surface area contributed by atoms with Gasteiger partial charge in [-0.2, -0.15) is 0 Å². The molecule has 98 valence electrons. The summed E-state index contributed by atoms with van der Waals surface area (Å²) in [6.45, 7) is 2.31. The lowest BCUT2D eigenvalue weighted by molar-refractivity contribution is 0.409. The van der Waals surface area contributed by atoms with Gasteiger partial charge in [-0.15, -0.1) is 0 Å². The van der Waals surface area contributed by atoms with Crippen molar-refractivity contribution in [3.8, 4) is 5.75 Å². The van der Waals surface area contributed by atoms with Crippen molar-refractivity contribution in [2.45, 2.75) is 24.7 Å². The lowest BCUT2D eigenvalue weighted by atomic mass is 9.92. The lowest BCUT2D eigenvalue weighted by Gasteiger charge is -2.14. The molecule has 0 N–H and O–H groups in total. The molecule has 19 heavy (non-hydrogen) atoms. The highest BCUT2D eigenvalue weighted by atomic mass is 35.5. The molecule has 2 aromatic rings. The Morgan fingerprint density at radius 1 is 1.11 bits per heavy atom. The van der Waals surface area contributed by atoms with E-state index < -0.39 is 0 Å². The Labute approximate surface area is 119 Å². The molecule has 2 atom stereocenters. The first-order chi connectivity index (χ1) is 9.15. The summed E-state index contributed by atoms with van der Waals surface area (Å²) in [5.74, 6) is 1.52. The van der Waals surface area contributed by atoms with E-state index in [4.69, 9.17) is 16.3 Å². The van der Waals surface area contributed by atoms with Crippen molar-refractivity contribution >= 4 is 11.6 Å². The fraction of sp³-hybridized carbons (Fsp3) is 0.294. The molecule has 2 heteroatoms. The van der Waals surface area contributed by atoms with Crippen LogP contribution in [0.4, 0.5) is 0 Å². The molecule has 0 bridgehead atoms. The molecule has 1 nitrogen and oxygen atoms in total. The van der Waals surface area contributed by atoms with Crippen LogP contribution in [0.3, 0.4) is 0 Å². The number of hydrogen-bond acceptors (Lipinski definition) is 1. The second-order valence-electron chi connectivity index (χ2n) is 5.42. The van der Waals surface area contributed by atoms with E-state index in [0.29, 0.717) is 5.92 Å². The fourth-order valence-corrected chi connectivity index (χ4v) is 3.05. The minimum Gasteiger partial charge on any atom is -0.496 e. The maximum Gasteiger partial charge on any atom is 0.122 e. The fourth-order valence-electron chi connectivity index (χ4n) is 2.92. The van der Waals surface area contributed by atoms with Crippen LogP contribution in [0.25, 0.3) is 0 Å². The zero-order valence-corrected chi connectivity index (χ0v) is 11.9. The van der Waals surface area contributed by atoms with Crippen molar-refractivity contribution in [3.63, 3.8) is 0 Å². The standard InChI is InChI=1S/C17H17ClO/c1-17(12-7-9-13(18)10-8-12)11-15(17)14-5-3-4-6-16(14)19-2/h3-10,15H,11H2,1-2H3/t15-,17-/m0/s1. The first-order valence-corrected chi connectivity index (χ1v) is 6.92. The predicted octanol–water partition coefficient (Wildman–Crippen LogP) is 4.79. The summed E-state index contributed by atoms with van der Waals surface area (Å²) in [6, 6.07) is 16.5. The van der Waals surface area contributed by atoms with Crippen molar-refractivity contribution in [2.75, 3.05) is 7.11 Å². The minimum atomic E-state index is 0.208. The Kier molecular flexibility index (Phi) is 3.02. The van der Waals surface area contributed by atoms with Crippen LogP contribution in [0.1, 0.15) is 30.4 Å². The molecular weight excluding hydrogens is 256 g/mol. The number of para-hydroxylation sites is 1. The normalized spacial score (nSPS) is 25.1. The maximum absolute atomic E-state index is 5.96. The second-order valence-corrected chi connectivity index (χ2v) is 5.86. The molecule has 0 spiro atoms. The van der Waals surface area contributed by atoms with Crippen LogP contribution in [0.15, 0.2) is 48.5 Å². The number of hydrogen-bond donors (Lipinski definition) is 0. The molecule has 2 aromatic carbocycles. The van der Waals surface area contributed by atoms with Gasteiger partial charge in [0.2, 0.25) is 0 Å². The predicted molar refractivity (Wildman–Crippen MR) is 79.2 cm³/mol. The highest BCUT2D eigenvalue weighted by Gasteiger charge is 2.52. The van der Waals surface area contributed by atoms with E-state index >= 15 is 0 Å². The number of ether oxygens (including phenoxy) is 1. The van der Waals surface area contributed by atoms with Gasteiger partial charge in [-0.25, -0.2) is 0 Å². The smallest absolute Gasteiger partial charge is 0.122 e. The van der Waals surface area contributed by atoms with Gasteiger partial charge in [0.05, 0.1) is 7.11 Å². The third kappa shape index (κ3) is 2.12. The van der Waals surface area contributed by atoms with Crippen LogP contribution in [0.2, 0.25) is 5.02 Å². The van der Waals surface area contributed by atoms with E-state index in [2.05, 4.69) is 31.2 Å². The Balaban J connectivity index is 1.92. The summed E-state index contributed by atoms with van der Waals surface area (Å²) < 4.78 is 5.47. The second kappa shape index (κ2) is 4.57. The molecular formula is C17H17ClO.